The van der Waals surface area contributed by atoms with Gasteiger partial charge in [0, 0.05) is 0 Å². The fourth-order valence-electron chi connectivity index (χ4n) is 1.78. The van der Waals surface area contributed by atoms with Crippen molar-refractivity contribution in [1.82, 2.24) is 0 Å². The van der Waals surface area contributed by atoms with Gasteiger partial charge in [-0.2, -0.15) is 0 Å². The van der Waals surface area contributed by atoms with E-state index in [-0.39, 0.29) is 17.1 Å². The van der Waals surface area contributed by atoms with Crippen LogP contribution in [-0.2, 0) is 48.4 Å². The molecule has 1 aliphatic rings. The third-order valence-corrected chi connectivity index (χ3v) is 10.7. The Hall–Kier alpha value is -1.11. The Bertz CT molecular complexity index is 471. The van der Waals surface area contributed by atoms with E-state index in [4.69, 9.17) is 0 Å². The Balaban J connectivity index is 3.46. The van der Waals surface area contributed by atoms with E-state index >= 15 is 0 Å². The molecule has 94 valence electrons. The molecule has 1 atom stereocenters. The number of rotatable bonds is 4. The average Bonchev–Trinajstić information content (AvgIpc) is 2.77. The average molecular weight is 441 g/mol. The van der Waals surface area contributed by atoms with Crippen LogP contribution in [-0.4, -0.2) is 35.0 Å². The van der Waals surface area contributed by atoms with E-state index < -0.39 is 39.6 Å². The zero-order valence-corrected chi connectivity index (χ0v) is 16.1. The topological polar surface area (TPSA) is 94.4 Å². The minimum absolute atomic E-state index is 0.0616. The summed E-state index contributed by atoms with van der Waals surface area (Å²) in [5.41, 5.74) is -0.282. The number of azo groups is 1. The third kappa shape index (κ3) is 2.23. The molecule has 0 spiro atoms. The van der Waals surface area contributed by atoms with Gasteiger partial charge in [-0.05, 0) is 0 Å². The number of methoxy groups -OCH3 is 2. The molecule has 0 bridgehead atoms. The van der Waals surface area contributed by atoms with E-state index in [9.17, 15) is 14.4 Å². The van der Waals surface area contributed by atoms with Gasteiger partial charge in [0.2, 0.25) is 0 Å². The molecule has 0 aromatic carbocycles. The Morgan fingerprint density at radius 2 is 1.72 bits per heavy atom. The SMILES string of the molecule is COC(=O)C1=C(C(=O)OC)[C]([Hg][CH3])(C(C)=O)N=N1. The van der Waals surface area contributed by atoms with Crippen LogP contribution in [0.25, 0.3) is 0 Å². The van der Waals surface area contributed by atoms with Gasteiger partial charge in [-0.15, -0.1) is 0 Å². The number of esters is 2. The third-order valence-electron chi connectivity index (χ3n) is 2.83. The molecule has 1 unspecified atom stereocenters. The first kappa shape index (κ1) is 14.9. The van der Waals surface area contributed by atoms with Crippen molar-refractivity contribution in [3.05, 3.63) is 11.3 Å². The summed E-state index contributed by atoms with van der Waals surface area (Å²) in [6.07, 6.45) is 0. The quantitative estimate of drug-likeness (QED) is 0.468. The summed E-state index contributed by atoms with van der Waals surface area (Å²) in [6.45, 7) is 1.34. The van der Waals surface area contributed by atoms with Crippen molar-refractivity contribution in [2.75, 3.05) is 14.2 Å². The molecule has 0 radical (unpaired) electrons. The first-order valence-electron chi connectivity index (χ1n) is 5.29. The summed E-state index contributed by atoms with van der Waals surface area (Å²) in [7, 11) is 2.35. The number of carbonyl (C=O) groups excluding carboxylic acids is 3. The second-order valence-electron chi connectivity index (χ2n) is 3.68. The van der Waals surface area contributed by atoms with E-state index in [1.807, 2.05) is 4.43 Å². The number of carbonyl (C=O) groups is 3. The Labute approximate surface area is 116 Å². The molecule has 0 fully saturated rings. The van der Waals surface area contributed by atoms with Gasteiger partial charge < -0.3 is 0 Å². The Morgan fingerprint density at radius 3 is 2.11 bits per heavy atom. The number of ether oxygens (including phenoxy) is 2. The summed E-state index contributed by atoms with van der Waals surface area (Å²) < 4.78 is 9.82. The van der Waals surface area contributed by atoms with Gasteiger partial charge >= 0.3 is 116 Å². The predicted octanol–water partition coefficient (Wildman–Crippen LogP) is 0.468. The first-order valence-corrected chi connectivity index (χ1v) is 13.5. The van der Waals surface area contributed by atoms with Gasteiger partial charge in [-0.3, -0.25) is 0 Å². The molecule has 7 nitrogen and oxygen atoms in total. The Morgan fingerprint density at radius 1 is 1.17 bits per heavy atom. The van der Waals surface area contributed by atoms with Crippen LogP contribution in [0.5, 0.6) is 0 Å². The van der Waals surface area contributed by atoms with Crippen molar-refractivity contribution in [2.24, 2.45) is 10.2 Å². The molecule has 0 aromatic heterocycles. The maximum absolute atomic E-state index is 11.8. The molecule has 1 heterocycles. The summed E-state index contributed by atoms with van der Waals surface area (Å²) >= 11 is -1.90. The van der Waals surface area contributed by atoms with E-state index in [1.165, 1.54) is 21.1 Å². The number of hydrogen-bond acceptors (Lipinski definition) is 7. The zero-order valence-electron chi connectivity index (χ0n) is 10.6. The van der Waals surface area contributed by atoms with Crippen molar-refractivity contribution >= 4 is 17.7 Å². The predicted molar refractivity (Wildman–Crippen MR) is 55.2 cm³/mol. The maximum atomic E-state index is 11.8. The van der Waals surface area contributed by atoms with Gasteiger partial charge in [-0.25, -0.2) is 0 Å². The monoisotopic (exact) mass is 442 g/mol. The summed E-state index contributed by atoms with van der Waals surface area (Å²) in [6, 6.07) is 0. The van der Waals surface area contributed by atoms with Crippen molar-refractivity contribution in [1.29, 1.82) is 0 Å². The van der Waals surface area contributed by atoms with Crippen molar-refractivity contribution in [3.8, 4) is 0 Å². The summed E-state index contributed by atoms with van der Waals surface area (Å²) in [5, 5.41) is 7.55. The minimum atomic E-state index is -1.90. The molecule has 0 N–H and O–H groups in total. The van der Waals surface area contributed by atoms with E-state index in [0.29, 0.717) is 0 Å². The molecule has 1 aliphatic heterocycles. The summed E-state index contributed by atoms with van der Waals surface area (Å²) in [4.78, 5) is 35.1. The number of nitrogens with zero attached hydrogens (tertiary/aromatic N) is 2. The molecule has 0 saturated carbocycles. The van der Waals surface area contributed by atoms with Crippen LogP contribution in [0.4, 0.5) is 0 Å². The van der Waals surface area contributed by atoms with Crippen LogP contribution in [0.15, 0.2) is 21.5 Å². The van der Waals surface area contributed by atoms with Crippen LogP contribution < -0.4 is 0 Å². The van der Waals surface area contributed by atoms with Crippen LogP contribution in [0.2, 0.25) is 4.43 Å². The molecular weight excluding hydrogens is 429 g/mol. The van der Waals surface area contributed by atoms with Gasteiger partial charge in [0.05, 0.1) is 0 Å². The first-order chi connectivity index (χ1) is 8.44. The number of Topliss-reactive ketones (excluding diaryl/α,β-unsaturated/α-hetero) is 1. The van der Waals surface area contributed by atoms with Crippen LogP contribution in [0.3, 0.4) is 0 Å². The summed E-state index contributed by atoms with van der Waals surface area (Å²) in [5.74, 6) is -1.82. The Kier molecular flexibility index (Phi) is 4.72. The molecule has 1 rings (SSSR count). The fraction of sp³-hybridized carbons (Fsp3) is 0.500. The van der Waals surface area contributed by atoms with E-state index in [0.717, 1.165) is 0 Å². The zero-order chi connectivity index (χ0) is 13.9. The molecule has 0 amide bonds. The van der Waals surface area contributed by atoms with Crippen LogP contribution in [0.1, 0.15) is 6.92 Å². The second kappa shape index (κ2) is 5.68. The van der Waals surface area contributed by atoms with Crippen molar-refractivity contribution in [3.63, 3.8) is 0 Å². The molecule has 18 heavy (non-hydrogen) atoms. The van der Waals surface area contributed by atoms with Gasteiger partial charge in [0.15, 0.2) is 0 Å². The standard InChI is InChI=1S/C9H9N2O5.CH3.Hg/c1-4(12)6-5(8(13)15-2)7(11-10-6)9(14)16-3;;/h1-3H3;1H3;. The van der Waals surface area contributed by atoms with E-state index in [2.05, 4.69) is 19.7 Å². The molecule has 0 aromatic rings. The number of hydrogen-bond donors (Lipinski definition) is 0. The molecule has 8 heteroatoms. The fourth-order valence-corrected chi connectivity index (χ4v) is 7.13. The van der Waals surface area contributed by atoms with Crippen molar-refractivity contribution in [2.45, 2.75) is 14.4 Å². The molecule has 0 aliphatic carbocycles. The van der Waals surface area contributed by atoms with Crippen molar-refractivity contribution < 1.29 is 48.4 Å². The number of ketones is 1. The van der Waals surface area contributed by atoms with Crippen LogP contribution in [0, 0.1) is 0 Å². The van der Waals surface area contributed by atoms with E-state index in [1.54, 1.807) is 0 Å². The van der Waals surface area contributed by atoms with Crippen LogP contribution >= 0.6 is 0 Å². The van der Waals surface area contributed by atoms with Gasteiger partial charge in [0.25, 0.3) is 0 Å². The second-order valence-corrected chi connectivity index (χ2v) is 10.4. The van der Waals surface area contributed by atoms with Gasteiger partial charge in [0.1, 0.15) is 0 Å². The normalized spacial score (nSPS) is 21.6. The van der Waals surface area contributed by atoms with Gasteiger partial charge in [-0.1, -0.05) is 0 Å². The molecular formula is C10H12HgN2O5. The molecule has 0 saturated heterocycles.